The summed E-state index contributed by atoms with van der Waals surface area (Å²) < 4.78 is 5.62. The molecule has 1 aliphatic heterocycles. The fourth-order valence-corrected chi connectivity index (χ4v) is 3.35. The molecule has 2 aromatic carbocycles. The lowest BCUT2D eigenvalue weighted by Gasteiger charge is -2.26. The number of benzene rings is 2. The highest BCUT2D eigenvalue weighted by Crippen LogP contribution is 2.34. The molecule has 4 rings (SSSR count). The largest absolute Gasteiger partial charge is 0.507 e. The minimum Gasteiger partial charge on any atom is -0.507 e. The van der Waals surface area contributed by atoms with Crippen molar-refractivity contribution >= 4 is 11.0 Å². The Bertz CT molecular complexity index is 805. The SMILES string of the molecule is Oc1ccc2c(-c3ccccc3)noc2c1CN1CCCCC1. The predicted molar refractivity (Wildman–Crippen MR) is 90.2 cm³/mol. The van der Waals surface area contributed by atoms with Crippen LogP contribution < -0.4 is 0 Å². The molecule has 1 N–H and O–H groups in total. The summed E-state index contributed by atoms with van der Waals surface area (Å²) in [5.41, 5.74) is 3.41. The average Bonchev–Trinajstić information content (AvgIpc) is 3.03. The Balaban J connectivity index is 1.76. The van der Waals surface area contributed by atoms with Crippen molar-refractivity contribution in [2.75, 3.05) is 13.1 Å². The van der Waals surface area contributed by atoms with Crippen LogP contribution in [-0.4, -0.2) is 28.3 Å². The summed E-state index contributed by atoms with van der Waals surface area (Å²) in [5, 5.41) is 15.5. The molecule has 3 aromatic rings. The van der Waals surface area contributed by atoms with E-state index in [9.17, 15) is 5.11 Å². The summed E-state index contributed by atoms with van der Waals surface area (Å²) in [5.74, 6) is 0.291. The molecule has 0 spiro atoms. The van der Waals surface area contributed by atoms with E-state index in [2.05, 4.69) is 10.1 Å². The summed E-state index contributed by atoms with van der Waals surface area (Å²) in [6, 6.07) is 13.7. The molecule has 0 unspecified atom stereocenters. The summed E-state index contributed by atoms with van der Waals surface area (Å²) in [7, 11) is 0. The monoisotopic (exact) mass is 308 g/mol. The number of hydrogen-bond donors (Lipinski definition) is 1. The van der Waals surface area contributed by atoms with Crippen LogP contribution in [0.15, 0.2) is 47.0 Å². The summed E-state index contributed by atoms with van der Waals surface area (Å²) >= 11 is 0. The zero-order valence-electron chi connectivity index (χ0n) is 13.0. The Morgan fingerprint density at radius 2 is 1.78 bits per heavy atom. The molecule has 1 aromatic heterocycles. The Kier molecular flexibility index (Phi) is 3.75. The molecule has 0 amide bonds. The molecule has 23 heavy (non-hydrogen) atoms. The highest BCUT2D eigenvalue weighted by Gasteiger charge is 2.19. The van der Waals surface area contributed by atoms with E-state index in [1.54, 1.807) is 6.07 Å². The van der Waals surface area contributed by atoms with Gasteiger partial charge in [0.05, 0.1) is 10.9 Å². The van der Waals surface area contributed by atoms with Crippen LogP contribution >= 0.6 is 0 Å². The minimum atomic E-state index is 0.291. The number of nitrogens with zero attached hydrogens (tertiary/aromatic N) is 2. The molecular weight excluding hydrogens is 288 g/mol. The Labute approximate surface area is 135 Å². The predicted octanol–water partition coefficient (Wildman–Crippen LogP) is 4.19. The van der Waals surface area contributed by atoms with Crippen molar-refractivity contribution in [1.29, 1.82) is 0 Å². The molecule has 1 fully saturated rings. The van der Waals surface area contributed by atoms with E-state index in [-0.39, 0.29) is 0 Å². The van der Waals surface area contributed by atoms with Gasteiger partial charge in [0.2, 0.25) is 0 Å². The van der Waals surface area contributed by atoms with E-state index in [0.29, 0.717) is 17.9 Å². The lowest BCUT2D eigenvalue weighted by Crippen LogP contribution is -2.29. The second kappa shape index (κ2) is 6.05. The highest BCUT2D eigenvalue weighted by molar-refractivity contribution is 5.94. The van der Waals surface area contributed by atoms with E-state index >= 15 is 0 Å². The maximum atomic E-state index is 10.3. The molecule has 1 aliphatic rings. The van der Waals surface area contributed by atoms with Crippen molar-refractivity contribution < 1.29 is 9.63 Å². The first-order valence-electron chi connectivity index (χ1n) is 8.21. The van der Waals surface area contributed by atoms with Gasteiger partial charge in [-0.2, -0.15) is 0 Å². The third-order valence-electron chi connectivity index (χ3n) is 4.60. The fourth-order valence-electron chi connectivity index (χ4n) is 3.35. The lowest BCUT2D eigenvalue weighted by molar-refractivity contribution is 0.218. The van der Waals surface area contributed by atoms with Crippen LogP contribution in [0.25, 0.3) is 22.2 Å². The highest BCUT2D eigenvalue weighted by atomic mass is 16.5. The van der Waals surface area contributed by atoms with Gasteiger partial charge in [0.1, 0.15) is 11.4 Å². The quantitative estimate of drug-likeness (QED) is 0.788. The van der Waals surface area contributed by atoms with Crippen LogP contribution in [-0.2, 0) is 6.54 Å². The molecule has 4 heteroatoms. The fraction of sp³-hybridized carbons (Fsp3) is 0.316. The Morgan fingerprint density at radius 1 is 1.00 bits per heavy atom. The number of phenols is 1. The van der Waals surface area contributed by atoms with Crippen molar-refractivity contribution in [2.24, 2.45) is 0 Å². The van der Waals surface area contributed by atoms with Crippen LogP contribution in [0.5, 0.6) is 5.75 Å². The second-order valence-electron chi connectivity index (χ2n) is 6.17. The molecule has 2 heterocycles. The summed E-state index contributed by atoms with van der Waals surface area (Å²) in [6.07, 6.45) is 3.75. The van der Waals surface area contributed by atoms with Crippen molar-refractivity contribution in [3.05, 3.63) is 48.0 Å². The first-order chi connectivity index (χ1) is 11.3. The molecule has 0 aliphatic carbocycles. The van der Waals surface area contributed by atoms with Crippen LogP contribution in [0, 0.1) is 0 Å². The van der Waals surface area contributed by atoms with Gasteiger partial charge in [-0.1, -0.05) is 41.9 Å². The van der Waals surface area contributed by atoms with Crippen LogP contribution in [0.3, 0.4) is 0 Å². The number of phenolic OH excluding ortho intramolecular Hbond substituents is 1. The third kappa shape index (κ3) is 2.70. The Morgan fingerprint density at radius 3 is 2.57 bits per heavy atom. The van der Waals surface area contributed by atoms with E-state index in [4.69, 9.17) is 4.52 Å². The smallest absolute Gasteiger partial charge is 0.175 e. The van der Waals surface area contributed by atoms with Gasteiger partial charge in [-0.3, -0.25) is 4.90 Å². The van der Waals surface area contributed by atoms with Gasteiger partial charge in [0, 0.05) is 12.1 Å². The maximum Gasteiger partial charge on any atom is 0.175 e. The molecular formula is C19H20N2O2. The van der Waals surface area contributed by atoms with Crippen molar-refractivity contribution in [1.82, 2.24) is 10.1 Å². The van der Waals surface area contributed by atoms with E-state index in [1.165, 1.54) is 19.3 Å². The molecule has 0 bridgehead atoms. The standard InChI is InChI=1S/C19H20N2O2/c22-17-10-9-15-18(14-7-3-1-4-8-14)20-23-19(15)16(17)13-21-11-5-2-6-12-21/h1,3-4,7-10,22H,2,5-6,11-13H2. The van der Waals surface area contributed by atoms with Crippen LogP contribution in [0.2, 0.25) is 0 Å². The first kappa shape index (κ1) is 14.3. The van der Waals surface area contributed by atoms with Crippen molar-refractivity contribution in [3.8, 4) is 17.0 Å². The summed E-state index contributed by atoms with van der Waals surface area (Å²) in [6.45, 7) is 2.87. The van der Waals surface area contributed by atoms with Gasteiger partial charge in [0.25, 0.3) is 0 Å². The van der Waals surface area contributed by atoms with Gasteiger partial charge < -0.3 is 9.63 Å². The van der Waals surface area contributed by atoms with Crippen LogP contribution in [0.4, 0.5) is 0 Å². The third-order valence-corrected chi connectivity index (χ3v) is 4.60. The Hall–Kier alpha value is -2.33. The first-order valence-corrected chi connectivity index (χ1v) is 8.21. The molecule has 1 saturated heterocycles. The van der Waals surface area contributed by atoms with Gasteiger partial charge in [-0.05, 0) is 38.1 Å². The number of piperidine rings is 1. The average molecular weight is 308 g/mol. The molecule has 0 atom stereocenters. The van der Waals surface area contributed by atoms with E-state index < -0.39 is 0 Å². The zero-order chi connectivity index (χ0) is 15.6. The lowest BCUT2D eigenvalue weighted by atomic mass is 10.0. The van der Waals surface area contributed by atoms with Crippen molar-refractivity contribution in [2.45, 2.75) is 25.8 Å². The number of aromatic hydroxyl groups is 1. The molecule has 118 valence electrons. The maximum absolute atomic E-state index is 10.3. The van der Waals surface area contributed by atoms with Gasteiger partial charge in [-0.25, -0.2) is 0 Å². The zero-order valence-corrected chi connectivity index (χ0v) is 13.0. The molecule has 4 nitrogen and oxygen atoms in total. The number of hydrogen-bond acceptors (Lipinski definition) is 4. The normalized spacial score (nSPS) is 16.0. The molecule has 0 radical (unpaired) electrons. The topological polar surface area (TPSA) is 49.5 Å². The van der Waals surface area contributed by atoms with Gasteiger partial charge >= 0.3 is 0 Å². The number of rotatable bonds is 3. The molecule has 0 saturated carbocycles. The van der Waals surface area contributed by atoms with Gasteiger partial charge in [0.15, 0.2) is 5.58 Å². The van der Waals surface area contributed by atoms with Crippen molar-refractivity contribution in [3.63, 3.8) is 0 Å². The number of aromatic nitrogens is 1. The van der Waals surface area contributed by atoms with E-state index in [0.717, 1.165) is 35.3 Å². The minimum absolute atomic E-state index is 0.291. The number of fused-ring (bicyclic) bond motifs is 1. The van der Waals surface area contributed by atoms with Crippen LogP contribution in [0.1, 0.15) is 24.8 Å². The number of likely N-dealkylation sites (tertiary alicyclic amines) is 1. The summed E-state index contributed by atoms with van der Waals surface area (Å²) in [4.78, 5) is 2.38. The second-order valence-corrected chi connectivity index (χ2v) is 6.17. The van der Waals surface area contributed by atoms with E-state index in [1.807, 2.05) is 36.4 Å². The van der Waals surface area contributed by atoms with Gasteiger partial charge in [-0.15, -0.1) is 0 Å².